The summed E-state index contributed by atoms with van der Waals surface area (Å²) in [5.74, 6) is -1.94. The second-order valence-corrected chi connectivity index (χ2v) is 4.71. The third-order valence-corrected chi connectivity index (χ3v) is 3.16. The van der Waals surface area contributed by atoms with Gasteiger partial charge < -0.3 is 36.2 Å². The van der Waals surface area contributed by atoms with Crippen LogP contribution in [-0.4, -0.2) is 57.4 Å². The molecule has 1 aliphatic rings. The lowest BCUT2D eigenvalue weighted by Gasteiger charge is -2.38. The van der Waals surface area contributed by atoms with Crippen molar-refractivity contribution in [1.82, 2.24) is 5.32 Å². The topological polar surface area (TPSA) is 145 Å². The number of hydrogen-bond donors (Lipinski definition) is 6. The molecule has 20 heavy (non-hydrogen) atoms. The van der Waals surface area contributed by atoms with Gasteiger partial charge >= 0.3 is 5.97 Å². The van der Waals surface area contributed by atoms with Crippen molar-refractivity contribution in [1.29, 1.82) is 0 Å². The number of hydrogen-bond acceptors (Lipinski definition) is 7. The number of carboxylic acid groups (broad SMARTS) is 1. The van der Waals surface area contributed by atoms with E-state index in [0.717, 1.165) is 0 Å². The second-order valence-electron chi connectivity index (χ2n) is 4.71. The molecule has 0 bridgehead atoms. The minimum atomic E-state index is -1.44. The van der Waals surface area contributed by atoms with E-state index in [4.69, 9.17) is 20.7 Å². The molecule has 8 nitrogen and oxygen atoms in total. The molecule has 0 fully saturated rings. The molecule has 114 valence electrons. The summed E-state index contributed by atoms with van der Waals surface area (Å²) >= 11 is 0. The van der Waals surface area contributed by atoms with Crippen LogP contribution in [0.1, 0.15) is 6.92 Å². The lowest BCUT2D eigenvalue weighted by molar-refractivity contribution is -0.147. The lowest BCUT2D eigenvalue weighted by Crippen LogP contribution is -2.52. The van der Waals surface area contributed by atoms with Gasteiger partial charge in [-0.3, -0.25) is 0 Å². The van der Waals surface area contributed by atoms with Crippen molar-refractivity contribution in [3.05, 3.63) is 24.2 Å². The molecule has 0 aromatic carbocycles. The Morgan fingerprint density at radius 2 is 2.20 bits per heavy atom. The zero-order chi connectivity index (χ0) is 15.4. The molecule has 0 radical (unpaired) electrons. The highest BCUT2D eigenvalue weighted by Gasteiger charge is 2.40. The molecule has 1 unspecified atom stereocenters. The number of rotatable bonds is 6. The Hall–Kier alpha value is -1.77. The second kappa shape index (κ2) is 6.60. The molecular weight excluding hydrogens is 268 g/mol. The summed E-state index contributed by atoms with van der Waals surface area (Å²) in [4.78, 5) is 11.0. The van der Waals surface area contributed by atoms with Crippen LogP contribution in [0.15, 0.2) is 24.2 Å². The summed E-state index contributed by atoms with van der Waals surface area (Å²) in [5, 5.41) is 40.0. The first-order valence-electron chi connectivity index (χ1n) is 6.07. The lowest BCUT2D eigenvalue weighted by atomic mass is 9.87. The Morgan fingerprint density at radius 1 is 1.60 bits per heavy atom. The monoisotopic (exact) mass is 288 g/mol. The highest BCUT2D eigenvalue weighted by atomic mass is 16.5. The van der Waals surface area contributed by atoms with Crippen LogP contribution in [-0.2, 0) is 9.53 Å². The summed E-state index contributed by atoms with van der Waals surface area (Å²) in [7, 11) is 0. The van der Waals surface area contributed by atoms with Gasteiger partial charge in [0.05, 0.1) is 18.5 Å². The van der Waals surface area contributed by atoms with Crippen LogP contribution in [0.2, 0.25) is 0 Å². The van der Waals surface area contributed by atoms with Crippen molar-refractivity contribution in [2.75, 3.05) is 6.61 Å². The Morgan fingerprint density at radius 3 is 2.65 bits per heavy atom. The van der Waals surface area contributed by atoms with Crippen LogP contribution < -0.4 is 11.1 Å². The Labute approximate surface area is 116 Å². The van der Waals surface area contributed by atoms with Gasteiger partial charge in [-0.2, -0.15) is 0 Å². The SMILES string of the molecule is C=C(N)N[C@@H]1C=C(C(=O)O)OC([C@H](O)[C@H](O)CO)[C@@H]1C. The van der Waals surface area contributed by atoms with Crippen LogP contribution in [0, 0.1) is 5.92 Å². The largest absolute Gasteiger partial charge is 0.480 e. The van der Waals surface area contributed by atoms with Crippen molar-refractivity contribution in [2.24, 2.45) is 11.7 Å². The number of nitrogens with one attached hydrogen (secondary N) is 1. The van der Waals surface area contributed by atoms with Gasteiger partial charge in [-0.25, -0.2) is 4.79 Å². The molecule has 1 heterocycles. The quantitative estimate of drug-likeness (QED) is 0.332. The predicted molar refractivity (Wildman–Crippen MR) is 69.1 cm³/mol. The van der Waals surface area contributed by atoms with E-state index in [1.54, 1.807) is 6.92 Å². The van der Waals surface area contributed by atoms with Gasteiger partial charge in [-0.15, -0.1) is 0 Å². The van der Waals surface area contributed by atoms with E-state index in [1.807, 2.05) is 0 Å². The fourth-order valence-electron chi connectivity index (χ4n) is 2.03. The number of aliphatic carboxylic acids is 1. The average Bonchev–Trinajstić information content (AvgIpc) is 2.38. The number of aliphatic hydroxyl groups excluding tert-OH is 3. The van der Waals surface area contributed by atoms with E-state index in [2.05, 4.69) is 11.9 Å². The normalized spacial score (nSPS) is 28.8. The van der Waals surface area contributed by atoms with E-state index in [0.29, 0.717) is 0 Å². The van der Waals surface area contributed by atoms with Gasteiger partial charge in [0, 0.05) is 5.92 Å². The van der Waals surface area contributed by atoms with Gasteiger partial charge in [-0.1, -0.05) is 13.5 Å². The van der Waals surface area contributed by atoms with Crippen molar-refractivity contribution in [3.8, 4) is 0 Å². The maximum atomic E-state index is 11.0. The standard InChI is InChI=1S/C12H20N2O6/c1-5-7(14-6(2)13)3-9(12(18)19)20-11(5)10(17)8(16)4-15/h3,5,7-8,10-11,14-17H,2,4,13H2,1H3,(H,18,19)/t5-,7-,8-,10-,11?/m1/s1. The highest BCUT2D eigenvalue weighted by molar-refractivity contribution is 5.84. The van der Waals surface area contributed by atoms with Crippen LogP contribution in [0.3, 0.4) is 0 Å². The number of aliphatic hydroxyl groups is 3. The molecule has 0 aliphatic carbocycles. The third kappa shape index (κ3) is 3.62. The fourth-order valence-corrected chi connectivity index (χ4v) is 2.03. The Bertz CT molecular complexity index is 411. The first-order chi connectivity index (χ1) is 9.27. The molecular formula is C12H20N2O6. The van der Waals surface area contributed by atoms with E-state index >= 15 is 0 Å². The zero-order valence-electron chi connectivity index (χ0n) is 11.1. The Balaban J connectivity index is 3.00. The minimum Gasteiger partial charge on any atom is -0.480 e. The fraction of sp³-hybridized carbons (Fsp3) is 0.583. The van der Waals surface area contributed by atoms with Crippen LogP contribution in [0.4, 0.5) is 0 Å². The molecule has 0 amide bonds. The molecule has 0 aromatic heterocycles. The van der Waals surface area contributed by atoms with E-state index in [1.165, 1.54) is 6.08 Å². The molecule has 1 rings (SSSR count). The van der Waals surface area contributed by atoms with Crippen molar-refractivity contribution in [3.63, 3.8) is 0 Å². The molecule has 5 atom stereocenters. The maximum Gasteiger partial charge on any atom is 0.370 e. The van der Waals surface area contributed by atoms with E-state index in [-0.39, 0.29) is 11.6 Å². The summed E-state index contributed by atoms with van der Waals surface area (Å²) in [6.07, 6.45) is -2.56. The minimum absolute atomic E-state index is 0.140. The average molecular weight is 288 g/mol. The summed E-state index contributed by atoms with van der Waals surface area (Å²) < 4.78 is 5.19. The van der Waals surface area contributed by atoms with Gasteiger partial charge in [0.25, 0.3) is 0 Å². The van der Waals surface area contributed by atoms with Crippen LogP contribution in [0.5, 0.6) is 0 Å². The van der Waals surface area contributed by atoms with Crippen molar-refractivity contribution in [2.45, 2.75) is 31.3 Å². The number of carboxylic acids is 1. The van der Waals surface area contributed by atoms with Gasteiger partial charge in [-0.05, 0) is 6.08 Å². The number of carbonyl (C=O) groups is 1. The van der Waals surface area contributed by atoms with E-state index < -0.39 is 42.8 Å². The summed E-state index contributed by atoms with van der Waals surface area (Å²) in [6.45, 7) is 4.50. The highest BCUT2D eigenvalue weighted by Crippen LogP contribution is 2.27. The van der Waals surface area contributed by atoms with E-state index in [9.17, 15) is 15.0 Å². The number of nitrogens with two attached hydrogens (primary N) is 1. The van der Waals surface area contributed by atoms with Gasteiger partial charge in [0.15, 0.2) is 0 Å². The molecule has 0 aromatic rings. The first-order valence-corrected chi connectivity index (χ1v) is 6.07. The molecule has 0 saturated carbocycles. The van der Waals surface area contributed by atoms with Crippen molar-refractivity contribution >= 4 is 5.97 Å². The molecule has 7 N–H and O–H groups in total. The summed E-state index contributed by atoms with van der Waals surface area (Å²) in [5.41, 5.74) is 5.44. The third-order valence-electron chi connectivity index (χ3n) is 3.16. The zero-order valence-corrected chi connectivity index (χ0v) is 11.1. The molecule has 1 aliphatic heterocycles. The predicted octanol–water partition coefficient (Wildman–Crippen LogP) is -1.91. The number of ether oxygens (including phenoxy) is 1. The van der Waals surface area contributed by atoms with Crippen molar-refractivity contribution < 1.29 is 30.0 Å². The van der Waals surface area contributed by atoms with Crippen LogP contribution in [0.25, 0.3) is 0 Å². The summed E-state index contributed by atoms with van der Waals surface area (Å²) in [6, 6.07) is -0.530. The smallest absolute Gasteiger partial charge is 0.370 e. The first kappa shape index (κ1) is 16.3. The van der Waals surface area contributed by atoms with Gasteiger partial charge in [0.1, 0.15) is 18.3 Å². The van der Waals surface area contributed by atoms with Crippen LogP contribution >= 0.6 is 0 Å². The maximum absolute atomic E-state index is 11.0. The van der Waals surface area contributed by atoms with Gasteiger partial charge in [0.2, 0.25) is 5.76 Å². The molecule has 8 heteroatoms. The Kier molecular flexibility index (Phi) is 5.37. The molecule has 0 saturated heterocycles. The molecule has 0 spiro atoms.